The predicted molar refractivity (Wildman–Crippen MR) is 57.8 cm³/mol. The van der Waals surface area contributed by atoms with E-state index < -0.39 is 0 Å². The Bertz CT molecular complexity index is 255. The molecule has 3 N–H and O–H groups in total. The highest BCUT2D eigenvalue weighted by Gasteiger charge is 2.05. The Kier molecular flexibility index (Phi) is 5.88. The minimum Gasteiger partial charge on any atom is -0.508 e. The lowest BCUT2D eigenvalue weighted by Crippen LogP contribution is -2.24. The van der Waals surface area contributed by atoms with Gasteiger partial charge in [-0.1, -0.05) is 18.2 Å². The molecule has 0 spiro atoms. The van der Waals surface area contributed by atoms with E-state index in [0.717, 1.165) is 5.56 Å². The fourth-order valence-corrected chi connectivity index (χ4v) is 1.13. The van der Waals surface area contributed by atoms with Gasteiger partial charge in [-0.25, -0.2) is 0 Å². The average Bonchev–Trinajstić information content (AvgIpc) is 2.09. The van der Waals surface area contributed by atoms with Crippen molar-refractivity contribution < 1.29 is 5.11 Å². The summed E-state index contributed by atoms with van der Waals surface area (Å²) in [4.78, 5) is 0. The molecule has 0 aromatic heterocycles. The lowest BCUT2D eigenvalue weighted by atomic mass is 10.1. The van der Waals surface area contributed by atoms with Gasteiger partial charge in [0, 0.05) is 11.9 Å². The van der Waals surface area contributed by atoms with Crippen molar-refractivity contribution in [1.29, 1.82) is 0 Å². The van der Waals surface area contributed by atoms with Gasteiger partial charge in [0.1, 0.15) is 5.75 Å². The number of nitrogens with two attached hydrogens (primary N) is 1. The van der Waals surface area contributed by atoms with Gasteiger partial charge < -0.3 is 10.8 Å². The second-order valence-electron chi connectivity index (χ2n) is 2.75. The van der Waals surface area contributed by atoms with Crippen LogP contribution in [0.4, 0.5) is 0 Å². The number of phenols is 1. The molecule has 13 heavy (non-hydrogen) atoms. The number of hydrogen-bond donors (Lipinski definition) is 2. The molecule has 1 aromatic rings. The number of alkyl halides is 1. The van der Waals surface area contributed by atoms with Crippen molar-refractivity contribution in [2.75, 3.05) is 5.88 Å². The number of rotatable bonds is 3. The molecule has 0 fully saturated rings. The highest BCUT2D eigenvalue weighted by atomic mass is 35.5. The van der Waals surface area contributed by atoms with Gasteiger partial charge in [-0.2, -0.15) is 0 Å². The first kappa shape index (κ1) is 12.6. The van der Waals surface area contributed by atoms with E-state index in [1.54, 1.807) is 12.1 Å². The van der Waals surface area contributed by atoms with Crippen molar-refractivity contribution in [3.8, 4) is 5.75 Å². The predicted octanol–water partition coefficient (Wildman–Crippen LogP) is 1.92. The van der Waals surface area contributed by atoms with E-state index in [0.29, 0.717) is 12.3 Å². The largest absolute Gasteiger partial charge is 0.508 e. The number of para-hydroxylation sites is 1. The molecule has 1 atom stereocenters. The zero-order valence-electron chi connectivity index (χ0n) is 7.11. The third-order valence-electron chi connectivity index (χ3n) is 1.67. The highest BCUT2D eigenvalue weighted by molar-refractivity contribution is 6.18. The number of hydrogen-bond acceptors (Lipinski definition) is 2. The Morgan fingerprint density at radius 1 is 1.38 bits per heavy atom. The number of halogens is 2. The van der Waals surface area contributed by atoms with Crippen LogP contribution in [0.3, 0.4) is 0 Å². The topological polar surface area (TPSA) is 46.2 Å². The summed E-state index contributed by atoms with van der Waals surface area (Å²) in [7, 11) is 0. The van der Waals surface area contributed by atoms with Crippen LogP contribution in [-0.4, -0.2) is 17.0 Å². The molecule has 0 bridgehead atoms. The monoisotopic (exact) mass is 221 g/mol. The van der Waals surface area contributed by atoms with Crippen molar-refractivity contribution in [2.24, 2.45) is 5.73 Å². The Balaban J connectivity index is 0.00000144. The maximum Gasteiger partial charge on any atom is 0.118 e. The molecule has 0 saturated heterocycles. The van der Waals surface area contributed by atoms with E-state index in [1.165, 1.54) is 0 Å². The van der Waals surface area contributed by atoms with Crippen LogP contribution in [-0.2, 0) is 6.42 Å². The van der Waals surface area contributed by atoms with Crippen LogP contribution >= 0.6 is 24.0 Å². The molecule has 1 aromatic carbocycles. The third kappa shape index (κ3) is 3.85. The fraction of sp³-hybridized carbons (Fsp3) is 0.333. The molecule has 0 amide bonds. The SMILES string of the molecule is Cl.NC(CCl)Cc1ccccc1O. The molecular formula is C9H13Cl2NO. The van der Waals surface area contributed by atoms with Crippen LogP contribution in [0.5, 0.6) is 5.75 Å². The van der Waals surface area contributed by atoms with Crippen LogP contribution in [0.15, 0.2) is 24.3 Å². The molecule has 0 aliphatic carbocycles. The maximum absolute atomic E-state index is 9.36. The Labute approximate surface area is 89.1 Å². The van der Waals surface area contributed by atoms with Gasteiger partial charge in [0.25, 0.3) is 0 Å². The summed E-state index contributed by atoms with van der Waals surface area (Å²) >= 11 is 5.55. The fourth-order valence-electron chi connectivity index (χ4n) is 1.02. The van der Waals surface area contributed by atoms with Gasteiger partial charge in [0.2, 0.25) is 0 Å². The van der Waals surface area contributed by atoms with E-state index >= 15 is 0 Å². The quantitative estimate of drug-likeness (QED) is 0.767. The second kappa shape index (κ2) is 6.08. The van der Waals surface area contributed by atoms with Gasteiger partial charge in [-0.15, -0.1) is 24.0 Å². The van der Waals surface area contributed by atoms with Gasteiger partial charge in [0.05, 0.1) is 0 Å². The Morgan fingerprint density at radius 3 is 2.54 bits per heavy atom. The van der Waals surface area contributed by atoms with Gasteiger partial charge in [0.15, 0.2) is 0 Å². The van der Waals surface area contributed by atoms with Crippen LogP contribution in [0, 0.1) is 0 Å². The summed E-state index contributed by atoms with van der Waals surface area (Å²) < 4.78 is 0. The molecule has 0 saturated carbocycles. The summed E-state index contributed by atoms with van der Waals surface area (Å²) in [5.74, 6) is 0.701. The van der Waals surface area contributed by atoms with Crippen molar-refractivity contribution >= 4 is 24.0 Å². The molecule has 1 rings (SSSR count). The Morgan fingerprint density at radius 2 is 2.00 bits per heavy atom. The first-order chi connectivity index (χ1) is 5.74. The third-order valence-corrected chi connectivity index (χ3v) is 2.07. The molecule has 0 aliphatic heterocycles. The summed E-state index contributed by atoms with van der Waals surface area (Å²) in [6, 6.07) is 7.07. The molecule has 0 aliphatic rings. The maximum atomic E-state index is 9.36. The second-order valence-corrected chi connectivity index (χ2v) is 3.06. The lowest BCUT2D eigenvalue weighted by Gasteiger charge is -2.08. The molecular weight excluding hydrogens is 209 g/mol. The molecule has 0 heterocycles. The van der Waals surface area contributed by atoms with E-state index in [-0.39, 0.29) is 24.2 Å². The molecule has 0 radical (unpaired) electrons. The van der Waals surface area contributed by atoms with Crippen molar-refractivity contribution in [1.82, 2.24) is 0 Å². The van der Waals surface area contributed by atoms with E-state index in [1.807, 2.05) is 12.1 Å². The van der Waals surface area contributed by atoms with Gasteiger partial charge in [-0.3, -0.25) is 0 Å². The summed E-state index contributed by atoms with van der Waals surface area (Å²) in [5.41, 5.74) is 6.48. The van der Waals surface area contributed by atoms with Gasteiger partial charge >= 0.3 is 0 Å². The van der Waals surface area contributed by atoms with Crippen molar-refractivity contribution in [3.63, 3.8) is 0 Å². The summed E-state index contributed by atoms with van der Waals surface area (Å²) in [5, 5.41) is 9.36. The summed E-state index contributed by atoms with van der Waals surface area (Å²) in [6.45, 7) is 0. The highest BCUT2D eigenvalue weighted by Crippen LogP contribution is 2.16. The first-order valence-electron chi connectivity index (χ1n) is 3.82. The van der Waals surface area contributed by atoms with Crippen molar-refractivity contribution in [2.45, 2.75) is 12.5 Å². The number of phenolic OH excluding ortho intramolecular Hbond substituents is 1. The van der Waals surface area contributed by atoms with Crippen molar-refractivity contribution in [3.05, 3.63) is 29.8 Å². The van der Waals surface area contributed by atoms with Crippen LogP contribution in [0.2, 0.25) is 0 Å². The Hall–Kier alpha value is -0.440. The number of benzene rings is 1. The standard InChI is InChI=1S/C9H12ClNO.ClH/c10-6-8(11)5-7-3-1-2-4-9(7)12;/h1-4,8,12H,5-6,11H2;1H. The van der Waals surface area contributed by atoms with E-state index in [4.69, 9.17) is 17.3 Å². The lowest BCUT2D eigenvalue weighted by molar-refractivity contribution is 0.466. The zero-order chi connectivity index (χ0) is 8.97. The number of aromatic hydroxyl groups is 1. The minimum atomic E-state index is -0.0834. The molecule has 2 nitrogen and oxygen atoms in total. The van der Waals surface area contributed by atoms with E-state index in [2.05, 4.69) is 0 Å². The molecule has 74 valence electrons. The normalized spacial score (nSPS) is 11.8. The van der Waals surface area contributed by atoms with Crippen LogP contribution in [0.1, 0.15) is 5.56 Å². The molecule has 4 heteroatoms. The van der Waals surface area contributed by atoms with Gasteiger partial charge in [-0.05, 0) is 18.1 Å². The van der Waals surface area contributed by atoms with Crippen LogP contribution in [0.25, 0.3) is 0 Å². The average molecular weight is 222 g/mol. The summed E-state index contributed by atoms with van der Waals surface area (Å²) in [6.07, 6.45) is 0.621. The first-order valence-corrected chi connectivity index (χ1v) is 4.36. The van der Waals surface area contributed by atoms with Crippen LogP contribution < -0.4 is 5.73 Å². The zero-order valence-corrected chi connectivity index (χ0v) is 8.68. The van der Waals surface area contributed by atoms with E-state index in [9.17, 15) is 5.11 Å². The molecule has 1 unspecified atom stereocenters. The smallest absolute Gasteiger partial charge is 0.118 e. The minimum absolute atomic E-state index is 0.